The third-order valence-electron chi connectivity index (χ3n) is 6.64. The molecule has 2 N–H and O–H groups in total. The first-order valence-electron chi connectivity index (χ1n) is 12.1. The molecule has 1 fully saturated rings. The monoisotopic (exact) mass is 507 g/mol. The highest BCUT2D eigenvalue weighted by Gasteiger charge is 2.27. The molecule has 186 valence electrons. The maximum absolute atomic E-state index is 11.1. The van der Waals surface area contributed by atoms with E-state index in [1.807, 2.05) is 50.2 Å². The molecule has 0 spiro atoms. The molecule has 3 rings (SSSR count). The van der Waals surface area contributed by atoms with Gasteiger partial charge in [0.25, 0.3) is 0 Å². The van der Waals surface area contributed by atoms with Crippen molar-refractivity contribution in [3.8, 4) is 0 Å². The van der Waals surface area contributed by atoms with E-state index in [-0.39, 0.29) is 19.1 Å². The van der Waals surface area contributed by atoms with Crippen LogP contribution in [0.25, 0.3) is 0 Å². The van der Waals surface area contributed by atoms with Gasteiger partial charge in [-0.2, -0.15) is 0 Å². The van der Waals surface area contributed by atoms with Gasteiger partial charge >= 0.3 is 5.97 Å². The number of aliphatic hydroxyl groups excluding tert-OH is 1. The first-order valence-corrected chi connectivity index (χ1v) is 12.8. The second-order valence-corrected chi connectivity index (χ2v) is 9.98. The topological polar surface area (TPSA) is 70.0 Å². The molecule has 34 heavy (non-hydrogen) atoms. The summed E-state index contributed by atoms with van der Waals surface area (Å²) in [4.78, 5) is 13.4. The van der Waals surface area contributed by atoms with Crippen molar-refractivity contribution in [1.82, 2.24) is 4.90 Å². The Labute approximate surface area is 212 Å². The Kier molecular flexibility index (Phi) is 10.2. The van der Waals surface area contributed by atoms with Crippen LogP contribution in [-0.4, -0.2) is 52.9 Å². The van der Waals surface area contributed by atoms with Gasteiger partial charge in [-0.15, -0.1) is 0 Å². The first-order chi connectivity index (χ1) is 16.3. The number of hydrogen-bond acceptors (Lipinski definition) is 4. The fourth-order valence-corrected chi connectivity index (χ4v) is 5.20. The summed E-state index contributed by atoms with van der Waals surface area (Å²) in [5.41, 5.74) is 4.28. The maximum Gasteiger partial charge on any atom is 0.303 e. The molecule has 0 radical (unpaired) electrons. The average molecular weight is 508 g/mol. The standard InChI is InChI=1S/C27H35Cl2NO4/c1-3-26(23-8-4-6-18(2)22(23)10-12-27(32)33)34-17-21(31)16-30-13-5-7-20(30)14-19-9-11-24(28)25(29)15-19/h4,6,8-9,11,15,20-21,26,31H,3,5,7,10,12-14,16-17H2,1-2H3,(H,32,33)/t20-,21+,26+/m0/s1. The van der Waals surface area contributed by atoms with Gasteiger partial charge in [-0.05, 0) is 80.0 Å². The molecule has 2 aromatic rings. The number of β-amino-alcohol motifs (C(OH)–C–C–N with tert-alkyl or cyclic N) is 1. The Morgan fingerprint density at radius 1 is 1.24 bits per heavy atom. The Hall–Kier alpha value is -1.63. The molecule has 1 aliphatic rings. The van der Waals surface area contributed by atoms with Crippen LogP contribution < -0.4 is 0 Å². The highest BCUT2D eigenvalue weighted by atomic mass is 35.5. The quantitative estimate of drug-likeness (QED) is 0.376. The van der Waals surface area contributed by atoms with E-state index >= 15 is 0 Å². The van der Waals surface area contributed by atoms with E-state index in [9.17, 15) is 9.90 Å². The van der Waals surface area contributed by atoms with Crippen molar-refractivity contribution in [1.29, 1.82) is 0 Å². The lowest BCUT2D eigenvalue weighted by atomic mass is 9.93. The molecular weight excluding hydrogens is 473 g/mol. The fourth-order valence-electron chi connectivity index (χ4n) is 4.88. The Bertz CT molecular complexity index is 968. The number of ether oxygens (including phenoxy) is 1. The number of aryl methyl sites for hydroxylation is 1. The lowest BCUT2D eigenvalue weighted by Crippen LogP contribution is -2.39. The number of benzene rings is 2. The van der Waals surface area contributed by atoms with E-state index in [1.165, 1.54) is 0 Å². The summed E-state index contributed by atoms with van der Waals surface area (Å²) < 4.78 is 6.18. The van der Waals surface area contributed by atoms with Crippen molar-refractivity contribution in [2.45, 2.75) is 70.6 Å². The second-order valence-electron chi connectivity index (χ2n) is 9.16. The van der Waals surface area contributed by atoms with Crippen molar-refractivity contribution in [2.75, 3.05) is 19.7 Å². The summed E-state index contributed by atoms with van der Waals surface area (Å²) in [7, 11) is 0. The third-order valence-corrected chi connectivity index (χ3v) is 7.38. The molecule has 2 aromatic carbocycles. The average Bonchev–Trinajstić information content (AvgIpc) is 3.22. The predicted molar refractivity (Wildman–Crippen MR) is 137 cm³/mol. The SMILES string of the molecule is CC[C@@H](OC[C@H](O)CN1CCC[C@H]1Cc1ccc(Cl)c(Cl)c1)c1cccc(C)c1CCC(=O)O. The van der Waals surface area contributed by atoms with Crippen molar-refractivity contribution >= 4 is 29.2 Å². The summed E-state index contributed by atoms with van der Waals surface area (Å²) in [5.74, 6) is -0.806. The predicted octanol–water partition coefficient (Wildman–Crippen LogP) is 5.85. The van der Waals surface area contributed by atoms with E-state index in [1.54, 1.807) is 0 Å². The molecule has 0 amide bonds. The minimum atomic E-state index is -0.806. The highest BCUT2D eigenvalue weighted by molar-refractivity contribution is 6.42. The molecule has 0 bridgehead atoms. The molecule has 3 atom stereocenters. The van der Waals surface area contributed by atoms with E-state index in [0.717, 1.165) is 54.5 Å². The molecule has 1 heterocycles. The van der Waals surface area contributed by atoms with E-state index in [0.29, 0.717) is 29.1 Å². The minimum absolute atomic E-state index is 0.0894. The van der Waals surface area contributed by atoms with Crippen LogP contribution in [0.2, 0.25) is 10.0 Å². The normalized spacial score (nSPS) is 18.2. The zero-order chi connectivity index (χ0) is 24.7. The molecule has 0 unspecified atom stereocenters. The summed E-state index contributed by atoms with van der Waals surface area (Å²) in [6.45, 7) is 5.80. The Morgan fingerprint density at radius 2 is 2.03 bits per heavy atom. The van der Waals surface area contributed by atoms with Crippen molar-refractivity contribution in [3.05, 3.63) is 68.7 Å². The zero-order valence-corrected chi connectivity index (χ0v) is 21.5. The van der Waals surface area contributed by atoms with Gasteiger partial charge in [-0.1, -0.05) is 54.4 Å². The lowest BCUT2D eigenvalue weighted by molar-refractivity contribution is -0.136. The van der Waals surface area contributed by atoms with E-state index < -0.39 is 12.1 Å². The molecule has 1 aliphatic heterocycles. The number of nitrogens with zero attached hydrogens (tertiary/aromatic N) is 1. The number of rotatable bonds is 12. The highest BCUT2D eigenvalue weighted by Crippen LogP contribution is 2.29. The van der Waals surface area contributed by atoms with Crippen LogP contribution in [0, 0.1) is 6.92 Å². The van der Waals surface area contributed by atoms with Gasteiger partial charge in [0.05, 0.1) is 28.9 Å². The second kappa shape index (κ2) is 12.9. The van der Waals surface area contributed by atoms with Gasteiger partial charge in [0.2, 0.25) is 0 Å². The smallest absolute Gasteiger partial charge is 0.303 e. The van der Waals surface area contributed by atoms with Gasteiger partial charge < -0.3 is 14.9 Å². The minimum Gasteiger partial charge on any atom is -0.481 e. The number of likely N-dealkylation sites (tertiary alicyclic amines) is 1. The molecule has 0 aliphatic carbocycles. The number of hydrogen-bond donors (Lipinski definition) is 2. The van der Waals surface area contributed by atoms with Crippen LogP contribution in [0.5, 0.6) is 0 Å². The van der Waals surface area contributed by atoms with Gasteiger partial charge in [-0.3, -0.25) is 9.69 Å². The third kappa shape index (κ3) is 7.43. The molecule has 0 aromatic heterocycles. The van der Waals surface area contributed by atoms with Crippen molar-refractivity contribution < 1.29 is 19.7 Å². The molecule has 1 saturated heterocycles. The summed E-state index contributed by atoms with van der Waals surface area (Å²) >= 11 is 12.2. The number of aliphatic hydroxyl groups is 1. The van der Waals surface area contributed by atoms with Crippen molar-refractivity contribution in [3.63, 3.8) is 0 Å². The van der Waals surface area contributed by atoms with Crippen LogP contribution in [0.3, 0.4) is 0 Å². The Balaban J connectivity index is 1.58. The molecule has 5 nitrogen and oxygen atoms in total. The number of carbonyl (C=O) groups is 1. The van der Waals surface area contributed by atoms with Gasteiger partial charge in [0.1, 0.15) is 0 Å². The van der Waals surface area contributed by atoms with Gasteiger partial charge in [0, 0.05) is 19.0 Å². The lowest BCUT2D eigenvalue weighted by Gasteiger charge is -2.28. The maximum atomic E-state index is 11.1. The number of carboxylic acids is 1. The number of carboxylic acid groups (broad SMARTS) is 1. The molecular formula is C27H35Cl2NO4. The first kappa shape index (κ1) is 27.0. The van der Waals surface area contributed by atoms with Gasteiger partial charge in [-0.25, -0.2) is 0 Å². The van der Waals surface area contributed by atoms with E-state index in [2.05, 4.69) is 4.90 Å². The molecule has 7 heteroatoms. The van der Waals surface area contributed by atoms with Crippen LogP contribution in [-0.2, 0) is 22.4 Å². The summed E-state index contributed by atoms with van der Waals surface area (Å²) in [6, 6.07) is 12.1. The van der Waals surface area contributed by atoms with Crippen molar-refractivity contribution in [2.24, 2.45) is 0 Å². The Morgan fingerprint density at radius 3 is 2.74 bits per heavy atom. The fraction of sp³-hybridized carbons (Fsp3) is 0.519. The van der Waals surface area contributed by atoms with E-state index in [4.69, 9.17) is 33.0 Å². The summed E-state index contributed by atoms with van der Waals surface area (Å²) in [5, 5.41) is 21.0. The van der Waals surface area contributed by atoms with Gasteiger partial charge in [0.15, 0.2) is 0 Å². The van der Waals surface area contributed by atoms with Crippen LogP contribution in [0.1, 0.15) is 61.0 Å². The van der Waals surface area contributed by atoms with Crippen LogP contribution in [0.4, 0.5) is 0 Å². The number of aliphatic carboxylic acids is 1. The molecule has 0 saturated carbocycles. The largest absolute Gasteiger partial charge is 0.481 e. The number of halogens is 2. The van der Waals surface area contributed by atoms with Crippen LogP contribution >= 0.6 is 23.2 Å². The zero-order valence-electron chi connectivity index (χ0n) is 20.0. The summed E-state index contributed by atoms with van der Waals surface area (Å²) in [6.07, 6.45) is 3.60. The van der Waals surface area contributed by atoms with Crippen LogP contribution in [0.15, 0.2) is 36.4 Å².